The molecule has 0 saturated heterocycles. The molecule has 0 aliphatic carbocycles. The highest BCUT2D eigenvalue weighted by atomic mass is 35.5. The Hall–Kier alpha value is -1.69. The minimum Gasteiger partial charge on any atom is -0.307 e. The van der Waals surface area contributed by atoms with Crippen molar-refractivity contribution in [3.63, 3.8) is 0 Å². The quantitative estimate of drug-likeness (QED) is 0.649. The van der Waals surface area contributed by atoms with Crippen LogP contribution in [0.15, 0.2) is 41.4 Å². The van der Waals surface area contributed by atoms with Gasteiger partial charge in [-0.15, -0.1) is 0 Å². The van der Waals surface area contributed by atoms with E-state index in [1.54, 1.807) is 34.9 Å². The predicted octanol–water partition coefficient (Wildman–Crippen LogP) is 6.14. The van der Waals surface area contributed by atoms with Gasteiger partial charge in [0.15, 0.2) is 5.17 Å². The second-order valence-electron chi connectivity index (χ2n) is 6.21. The molecule has 26 heavy (non-hydrogen) atoms. The number of aryl methyl sites for hydroxylation is 2. The van der Waals surface area contributed by atoms with E-state index in [1.807, 2.05) is 32.0 Å². The Balaban J connectivity index is 1.93. The molecule has 0 bridgehead atoms. The number of carbonyl (C=O) groups excluding carboxylic acids is 1. The number of urea groups is 1. The van der Waals surface area contributed by atoms with Gasteiger partial charge in [-0.1, -0.05) is 48.0 Å². The van der Waals surface area contributed by atoms with E-state index >= 15 is 0 Å². The zero-order valence-corrected chi connectivity index (χ0v) is 17.0. The number of rotatable bonds is 2. The lowest BCUT2D eigenvalue weighted by atomic mass is 10.1. The number of aliphatic imine (C=N–C) groups is 1. The van der Waals surface area contributed by atoms with Gasteiger partial charge in [0, 0.05) is 10.9 Å². The molecular formula is C19H19Cl2N3OS. The number of halogens is 2. The van der Waals surface area contributed by atoms with Gasteiger partial charge in [0.2, 0.25) is 0 Å². The van der Waals surface area contributed by atoms with Crippen molar-refractivity contribution in [1.29, 1.82) is 0 Å². The van der Waals surface area contributed by atoms with Gasteiger partial charge in [0.05, 0.1) is 22.3 Å². The van der Waals surface area contributed by atoms with Crippen molar-refractivity contribution in [2.45, 2.75) is 26.0 Å². The van der Waals surface area contributed by atoms with Crippen molar-refractivity contribution in [2.24, 2.45) is 4.99 Å². The maximum atomic E-state index is 13.0. The van der Waals surface area contributed by atoms with Crippen LogP contribution in [0, 0.1) is 13.8 Å². The van der Waals surface area contributed by atoms with Crippen LogP contribution in [0.25, 0.3) is 0 Å². The molecule has 1 aliphatic rings. The first kappa shape index (κ1) is 19.1. The lowest BCUT2D eigenvalue weighted by Gasteiger charge is -2.23. The number of hydrogen-bond acceptors (Lipinski definition) is 3. The molecule has 4 nitrogen and oxygen atoms in total. The predicted molar refractivity (Wildman–Crippen MR) is 113 cm³/mol. The number of carbonyl (C=O) groups is 1. The summed E-state index contributed by atoms with van der Waals surface area (Å²) < 4.78 is 0. The Morgan fingerprint density at radius 3 is 2.54 bits per heavy atom. The van der Waals surface area contributed by atoms with E-state index in [2.05, 4.69) is 17.2 Å². The Morgan fingerprint density at radius 1 is 1.15 bits per heavy atom. The van der Waals surface area contributed by atoms with Gasteiger partial charge in [0.25, 0.3) is 0 Å². The smallest absolute Gasteiger partial charge is 0.307 e. The van der Waals surface area contributed by atoms with E-state index in [4.69, 9.17) is 23.2 Å². The summed E-state index contributed by atoms with van der Waals surface area (Å²) in [5.41, 5.74) is 3.65. The number of nitrogens with one attached hydrogen (secondary N) is 1. The van der Waals surface area contributed by atoms with E-state index in [0.29, 0.717) is 32.7 Å². The van der Waals surface area contributed by atoms with Gasteiger partial charge < -0.3 is 5.32 Å². The normalized spacial score (nSPS) is 16.3. The number of benzene rings is 2. The SMILES string of the molecule is Cc1ccc(N(C(=O)Nc2ccc(Cl)c(Cl)c2)C2=NCC(C)S2)cc1C. The fourth-order valence-corrected chi connectivity index (χ4v) is 3.77. The van der Waals surface area contributed by atoms with Crippen LogP contribution in [0.4, 0.5) is 16.2 Å². The monoisotopic (exact) mass is 407 g/mol. The lowest BCUT2D eigenvalue weighted by Crippen LogP contribution is -2.38. The molecule has 1 heterocycles. The molecule has 0 saturated carbocycles. The molecule has 3 rings (SSSR count). The zero-order chi connectivity index (χ0) is 18.8. The van der Waals surface area contributed by atoms with E-state index in [9.17, 15) is 4.79 Å². The lowest BCUT2D eigenvalue weighted by molar-refractivity contribution is 0.259. The second-order valence-corrected chi connectivity index (χ2v) is 8.43. The average molecular weight is 408 g/mol. The molecule has 2 aromatic rings. The second kappa shape index (κ2) is 7.91. The molecule has 1 N–H and O–H groups in total. The standard InChI is InChI=1S/C19H19Cl2N3OS/c1-11-4-6-15(8-12(11)2)24(19-22-10-13(3)26-19)18(25)23-14-5-7-16(20)17(21)9-14/h4-9,13H,10H2,1-3H3,(H,23,25). The first-order valence-electron chi connectivity index (χ1n) is 8.19. The van der Waals surface area contributed by atoms with Gasteiger partial charge >= 0.3 is 6.03 Å². The van der Waals surface area contributed by atoms with E-state index in [1.165, 1.54) is 5.56 Å². The van der Waals surface area contributed by atoms with E-state index < -0.39 is 0 Å². The van der Waals surface area contributed by atoms with E-state index in [-0.39, 0.29) is 6.03 Å². The van der Waals surface area contributed by atoms with Gasteiger partial charge in [-0.05, 0) is 55.3 Å². The average Bonchev–Trinajstić information content (AvgIpc) is 3.00. The van der Waals surface area contributed by atoms with Crippen LogP contribution >= 0.6 is 35.0 Å². The summed E-state index contributed by atoms with van der Waals surface area (Å²) in [6, 6.07) is 10.7. The van der Waals surface area contributed by atoms with Crippen molar-refractivity contribution in [3.8, 4) is 0 Å². The fraction of sp³-hybridized carbons (Fsp3) is 0.263. The van der Waals surface area contributed by atoms with E-state index in [0.717, 1.165) is 11.3 Å². The minimum atomic E-state index is -0.285. The number of hydrogen-bond donors (Lipinski definition) is 1. The summed E-state index contributed by atoms with van der Waals surface area (Å²) in [7, 11) is 0. The third-order valence-electron chi connectivity index (χ3n) is 4.10. The summed E-state index contributed by atoms with van der Waals surface area (Å²) in [4.78, 5) is 19.2. The molecule has 0 aromatic heterocycles. The largest absolute Gasteiger partial charge is 0.332 e. The topological polar surface area (TPSA) is 44.7 Å². The summed E-state index contributed by atoms with van der Waals surface area (Å²) in [5, 5.41) is 4.76. The Kier molecular flexibility index (Phi) is 5.80. The molecule has 7 heteroatoms. The summed E-state index contributed by atoms with van der Waals surface area (Å²) in [6.07, 6.45) is 0. The van der Waals surface area contributed by atoms with Crippen LogP contribution in [0.1, 0.15) is 18.1 Å². The van der Waals surface area contributed by atoms with Crippen molar-refractivity contribution in [3.05, 3.63) is 57.6 Å². The molecule has 2 aromatic carbocycles. The van der Waals surface area contributed by atoms with Crippen LogP contribution in [0.3, 0.4) is 0 Å². The Morgan fingerprint density at radius 2 is 1.92 bits per heavy atom. The van der Waals surface area contributed by atoms with Crippen LogP contribution in [-0.2, 0) is 0 Å². The molecule has 0 fully saturated rings. The first-order chi connectivity index (χ1) is 12.3. The number of amidine groups is 1. The third kappa shape index (κ3) is 4.17. The number of nitrogens with zero attached hydrogens (tertiary/aromatic N) is 2. The maximum absolute atomic E-state index is 13.0. The van der Waals surface area contributed by atoms with Crippen molar-refractivity contribution in [1.82, 2.24) is 0 Å². The number of amides is 2. The van der Waals surface area contributed by atoms with Gasteiger partial charge in [-0.3, -0.25) is 4.99 Å². The maximum Gasteiger partial charge on any atom is 0.332 e. The Bertz CT molecular complexity index is 885. The van der Waals surface area contributed by atoms with Gasteiger partial charge in [-0.25, -0.2) is 9.69 Å². The molecule has 1 aliphatic heterocycles. The zero-order valence-electron chi connectivity index (χ0n) is 14.7. The van der Waals surface area contributed by atoms with Crippen LogP contribution < -0.4 is 10.2 Å². The van der Waals surface area contributed by atoms with Crippen LogP contribution in [0.2, 0.25) is 10.0 Å². The van der Waals surface area contributed by atoms with Gasteiger partial charge in [0.1, 0.15) is 0 Å². The summed E-state index contributed by atoms with van der Waals surface area (Å²) >= 11 is 13.6. The third-order valence-corrected chi connectivity index (χ3v) is 5.92. The minimum absolute atomic E-state index is 0.285. The molecule has 2 amide bonds. The van der Waals surface area contributed by atoms with Crippen molar-refractivity contribution < 1.29 is 4.79 Å². The Labute approximate surface area is 167 Å². The highest BCUT2D eigenvalue weighted by molar-refractivity contribution is 8.15. The first-order valence-corrected chi connectivity index (χ1v) is 9.83. The fourth-order valence-electron chi connectivity index (χ4n) is 2.52. The molecule has 0 radical (unpaired) electrons. The van der Waals surface area contributed by atoms with Crippen LogP contribution in [-0.4, -0.2) is 23.0 Å². The number of thioether (sulfide) groups is 1. The molecule has 0 spiro atoms. The van der Waals surface area contributed by atoms with Crippen molar-refractivity contribution in [2.75, 3.05) is 16.8 Å². The van der Waals surface area contributed by atoms with Crippen molar-refractivity contribution >= 4 is 57.5 Å². The highest BCUT2D eigenvalue weighted by Crippen LogP contribution is 2.30. The molecule has 1 unspecified atom stereocenters. The summed E-state index contributed by atoms with van der Waals surface area (Å²) in [6.45, 7) is 6.86. The highest BCUT2D eigenvalue weighted by Gasteiger charge is 2.27. The molecule has 136 valence electrons. The summed E-state index contributed by atoms with van der Waals surface area (Å²) in [5.74, 6) is 0. The number of anilines is 2. The van der Waals surface area contributed by atoms with Gasteiger partial charge in [-0.2, -0.15) is 0 Å². The molecule has 1 atom stereocenters. The van der Waals surface area contributed by atoms with Crippen LogP contribution in [0.5, 0.6) is 0 Å². The molecular weight excluding hydrogens is 389 g/mol.